The lowest BCUT2D eigenvalue weighted by atomic mass is 10.1. The number of H-pyrrole nitrogens is 1. The van der Waals surface area contributed by atoms with Crippen molar-refractivity contribution in [2.24, 2.45) is 0 Å². The highest BCUT2D eigenvalue weighted by atomic mass is 32.1. The van der Waals surface area contributed by atoms with Crippen LogP contribution in [-0.2, 0) is 6.54 Å². The van der Waals surface area contributed by atoms with Crippen LogP contribution in [-0.4, -0.2) is 10.9 Å². The zero-order chi connectivity index (χ0) is 15.7. The number of aromatic amines is 1. The molecule has 22 heavy (non-hydrogen) atoms. The smallest absolute Gasteiger partial charge is 0.257 e. The van der Waals surface area contributed by atoms with Crippen molar-refractivity contribution in [1.29, 1.82) is 0 Å². The van der Waals surface area contributed by atoms with Crippen molar-refractivity contribution < 1.29 is 4.79 Å². The van der Waals surface area contributed by atoms with Crippen LogP contribution in [0.4, 0.5) is 0 Å². The summed E-state index contributed by atoms with van der Waals surface area (Å²) in [5.41, 5.74) is 2.10. The van der Waals surface area contributed by atoms with Crippen molar-refractivity contribution in [3.63, 3.8) is 0 Å². The van der Waals surface area contributed by atoms with Crippen LogP contribution in [0.1, 0.15) is 26.4 Å². The molecule has 112 valence electrons. The lowest BCUT2D eigenvalue weighted by molar-refractivity contribution is 0.0949. The van der Waals surface area contributed by atoms with Crippen molar-refractivity contribution in [2.45, 2.75) is 20.4 Å². The topological polar surface area (TPSA) is 62.0 Å². The van der Waals surface area contributed by atoms with Gasteiger partial charge in [0.1, 0.15) is 10.4 Å². The Morgan fingerprint density at radius 1 is 1.23 bits per heavy atom. The minimum absolute atomic E-state index is 0.150. The second-order valence-corrected chi connectivity index (χ2v) is 6.56. The fraction of sp³-hybridized carbons (Fsp3) is 0.176. The zero-order valence-corrected chi connectivity index (χ0v) is 13.2. The lowest BCUT2D eigenvalue weighted by Crippen LogP contribution is -2.28. The molecule has 0 aliphatic carbocycles. The molecule has 0 aliphatic rings. The van der Waals surface area contributed by atoms with E-state index < -0.39 is 0 Å². The molecule has 0 unspecified atom stereocenters. The molecule has 2 heterocycles. The van der Waals surface area contributed by atoms with Crippen molar-refractivity contribution in [3.05, 3.63) is 68.3 Å². The van der Waals surface area contributed by atoms with E-state index in [9.17, 15) is 9.59 Å². The lowest BCUT2D eigenvalue weighted by Gasteiger charge is -2.05. The van der Waals surface area contributed by atoms with E-state index in [4.69, 9.17) is 0 Å². The van der Waals surface area contributed by atoms with Gasteiger partial charge >= 0.3 is 0 Å². The third-order valence-corrected chi connectivity index (χ3v) is 4.49. The Morgan fingerprint density at radius 2 is 1.95 bits per heavy atom. The molecule has 2 N–H and O–H groups in total. The van der Waals surface area contributed by atoms with Gasteiger partial charge in [-0.1, -0.05) is 29.8 Å². The molecule has 3 rings (SSSR count). The van der Waals surface area contributed by atoms with Gasteiger partial charge in [-0.05, 0) is 25.5 Å². The van der Waals surface area contributed by atoms with Crippen LogP contribution >= 0.6 is 11.3 Å². The molecule has 1 amide bonds. The monoisotopic (exact) mass is 312 g/mol. The Hall–Kier alpha value is -2.40. The number of aromatic nitrogens is 1. The molecule has 0 spiro atoms. The summed E-state index contributed by atoms with van der Waals surface area (Å²) in [4.78, 5) is 29.5. The summed E-state index contributed by atoms with van der Waals surface area (Å²) in [6.45, 7) is 4.36. The summed E-state index contributed by atoms with van der Waals surface area (Å²) in [6, 6.07) is 9.73. The number of thiophene rings is 1. The van der Waals surface area contributed by atoms with E-state index in [2.05, 4.69) is 10.3 Å². The summed E-state index contributed by atoms with van der Waals surface area (Å²) in [5.74, 6) is -0.354. The van der Waals surface area contributed by atoms with E-state index in [1.807, 2.05) is 44.2 Å². The van der Waals surface area contributed by atoms with Crippen molar-refractivity contribution in [1.82, 2.24) is 10.3 Å². The molecule has 0 saturated carbocycles. The summed E-state index contributed by atoms with van der Waals surface area (Å²) in [6.07, 6.45) is 1.49. The fourth-order valence-corrected chi connectivity index (χ4v) is 3.17. The highest BCUT2D eigenvalue weighted by Crippen LogP contribution is 2.20. The molecule has 0 fully saturated rings. The Bertz CT molecular complexity index is 891. The van der Waals surface area contributed by atoms with E-state index in [-0.39, 0.29) is 16.9 Å². The van der Waals surface area contributed by atoms with Gasteiger partial charge in [-0.15, -0.1) is 11.3 Å². The number of pyridine rings is 1. The van der Waals surface area contributed by atoms with Crippen LogP contribution in [0, 0.1) is 13.8 Å². The molecule has 0 radical (unpaired) electrons. The summed E-state index contributed by atoms with van der Waals surface area (Å²) < 4.78 is 0. The molecular formula is C17H16N2O2S. The number of fused-ring (bicyclic) bond motifs is 1. The van der Waals surface area contributed by atoms with E-state index in [1.165, 1.54) is 23.1 Å². The summed E-state index contributed by atoms with van der Waals surface area (Å²) in [5, 5.41) is 3.37. The van der Waals surface area contributed by atoms with Gasteiger partial charge in [0.15, 0.2) is 0 Å². The fourth-order valence-electron chi connectivity index (χ4n) is 2.29. The number of carbonyl (C=O) groups excluding carboxylic acids is 1. The minimum Gasteiger partial charge on any atom is -0.352 e. The number of carbonyl (C=O) groups is 1. The number of benzene rings is 1. The molecule has 0 bridgehead atoms. The molecule has 2 aromatic heterocycles. The first-order valence-corrected chi connectivity index (χ1v) is 7.82. The average molecular weight is 312 g/mol. The number of hydrogen-bond acceptors (Lipinski definition) is 3. The van der Waals surface area contributed by atoms with E-state index >= 15 is 0 Å². The maximum atomic E-state index is 12.4. The van der Waals surface area contributed by atoms with E-state index in [0.29, 0.717) is 11.9 Å². The predicted molar refractivity (Wildman–Crippen MR) is 89.5 cm³/mol. The molecular weight excluding hydrogens is 296 g/mol. The van der Waals surface area contributed by atoms with Gasteiger partial charge in [0.2, 0.25) is 5.43 Å². The second kappa shape index (κ2) is 5.77. The SMILES string of the molecule is Cc1ccc(CNC(=O)c2c[nH]c3sc(C)cc3c2=O)cc1. The summed E-state index contributed by atoms with van der Waals surface area (Å²) >= 11 is 1.51. The number of amides is 1. The molecule has 1 aromatic carbocycles. The van der Waals surface area contributed by atoms with Crippen LogP contribution < -0.4 is 10.7 Å². The van der Waals surface area contributed by atoms with Crippen LogP contribution in [0.15, 0.2) is 41.3 Å². The third kappa shape index (κ3) is 2.80. The largest absolute Gasteiger partial charge is 0.352 e. The quantitative estimate of drug-likeness (QED) is 0.780. The highest BCUT2D eigenvalue weighted by Gasteiger charge is 2.14. The normalized spacial score (nSPS) is 10.8. The van der Waals surface area contributed by atoms with Gasteiger partial charge < -0.3 is 10.3 Å². The van der Waals surface area contributed by atoms with Gasteiger partial charge in [0.05, 0.1) is 5.39 Å². The second-order valence-electron chi connectivity index (χ2n) is 5.30. The Kier molecular flexibility index (Phi) is 3.81. The van der Waals surface area contributed by atoms with Crippen LogP contribution in [0.25, 0.3) is 10.2 Å². The van der Waals surface area contributed by atoms with Gasteiger partial charge in [0.25, 0.3) is 5.91 Å². The molecule has 0 atom stereocenters. The molecule has 3 aromatic rings. The van der Waals surface area contributed by atoms with Crippen LogP contribution in [0.2, 0.25) is 0 Å². The van der Waals surface area contributed by atoms with Gasteiger partial charge in [-0.3, -0.25) is 9.59 Å². The minimum atomic E-state index is -0.354. The third-order valence-electron chi connectivity index (χ3n) is 3.51. The number of aryl methyl sites for hydroxylation is 2. The first kappa shape index (κ1) is 14.5. The first-order valence-electron chi connectivity index (χ1n) is 7.00. The predicted octanol–water partition coefficient (Wildman–Crippen LogP) is 3.14. The van der Waals surface area contributed by atoms with Gasteiger partial charge in [-0.25, -0.2) is 0 Å². The first-order chi connectivity index (χ1) is 10.5. The highest BCUT2D eigenvalue weighted by molar-refractivity contribution is 7.18. The zero-order valence-electron chi connectivity index (χ0n) is 12.4. The molecule has 0 saturated heterocycles. The van der Waals surface area contributed by atoms with Crippen LogP contribution in [0.5, 0.6) is 0 Å². The number of nitrogens with one attached hydrogen (secondary N) is 2. The Labute approximate surface area is 131 Å². The maximum Gasteiger partial charge on any atom is 0.257 e. The Morgan fingerprint density at radius 3 is 2.68 bits per heavy atom. The maximum absolute atomic E-state index is 12.4. The van der Waals surface area contributed by atoms with Crippen molar-refractivity contribution in [2.75, 3.05) is 0 Å². The van der Waals surface area contributed by atoms with Gasteiger partial charge in [0, 0.05) is 17.6 Å². The van der Waals surface area contributed by atoms with Crippen LogP contribution in [0.3, 0.4) is 0 Å². The standard InChI is InChI=1S/C17H16N2O2S/c1-10-3-5-12(6-4-10)8-18-16(21)14-9-19-17-13(15(14)20)7-11(2)22-17/h3-7,9H,8H2,1-2H3,(H,18,21)(H,19,20). The Balaban J connectivity index is 1.81. The van der Waals surface area contributed by atoms with E-state index in [1.54, 1.807) is 0 Å². The molecule has 4 nitrogen and oxygen atoms in total. The average Bonchev–Trinajstić information content (AvgIpc) is 2.88. The summed E-state index contributed by atoms with van der Waals surface area (Å²) in [7, 11) is 0. The van der Waals surface area contributed by atoms with Crippen molar-refractivity contribution in [3.8, 4) is 0 Å². The number of hydrogen-bond donors (Lipinski definition) is 2. The number of rotatable bonds is 3. The molecule has 0 aliphatic heterocycles. The van der Waals surface area contributed by atoms with Gasteiger partial charge in [-0.2, -0.15) is 0 Å². The van der Waals surface area contributed by atoms with Crippen molar-refractivity contribution >= 4 is 27.5 Å². The molecule has 5 heteroatoms. The van der Waals surface area contributed by atoms with E-state index in [0.717, 1.165) is 15.3 Å².